The molecule has 3 aromatic heterocycles. The zero-order valence-electron chi connectivity index (χ0n) is 21.5. The summed E-state index contributed by atoms with van der Waals surface area (Å²) >= 11 is 1.22. The van der Waals surface area contributed by atoms with Gasteiger partial charge in [0.1, 0.15) is 11.4 Å². The molecule has 6 aromatic rings. The molecule has 0 bridgehead atoms. The van der Waals surface area contributed by atoms with Crippen molar-refractivity contribution in [1.82, 2.24) is 24.4 Å². The van der Waals surface area contributed by atoms with E-state index in [1.165, 1.54) is 29.0 Å². The Kier molecular flexibility index (Phi) is 6.67. The van der Waals surface area contributed by atoms with Crippen molar-refractivity contribution in [2.24, 2.45) is 0 Å². The average molecular weight is 552 g/mol. The second kappa shape index (κ2) is 10.6. The number of para-hydroxylation sites is 1. The van der Waals surface area contributed by atoms with Crippen molar-refractivity contribution in [2.45, 2.75) is 0 Å². The summed E-state index contributed by atoms with van der Waals surface area (Å²) in [5.74, 6) is 0.837. The maximum absolute atomic E-state index is 14.6. The lowest BCUT2D eigenvalue weighted by atomic mass is 10.1. The molecule has 0 fully saturated rings. The summed E-state index contributed by atoms with van der Waals surface area (Å²) in [6, 6.07) is 21.8. The van der Waals surface area contributed by atoms with Crippen molar-refractivity contribution >= 4 is 34.5 Å². The van der Waals surface area contributed by atoms with Gasteiger partial charge in [-0.2, -0.15) is 14.6 Å². The third-order valence-corrected chi connectivity index (χ3v) is 7.17. The summed E-state index contributed by atoms with van der Waals surface area (Å²) < 4.78 is 28.3. The fourth-order valence-electron chi connectivity index (χ4n) is 4.19. The van der Waals surface area contributed by atoms with E-state index in [2.05, 4.69) is 10.1 Å². The molecule has 0 spiro atoms. The number of hydrogen-bond donors (Lipinski definition) is 0. The van der Waals surface area contributed by atoms with Crippen molar-refractivity contribution in [3.05, 3.63) is 117 Å². The van der Waals surface area contributed by atoms with Crippen molar-refractivity contribution in [1.29, 1.82) is 0 Å². The van der Waals surface area contributed by atoms with Crippen LogP contribution >= 0.6 is 11.3 Å². The van der Waals surface area contributed by atoms with Crippen LogP contribution in [-0.4, -0.2) is 38.6 Å². The number of ether oxygens (including phenoxy) is 2. The van der Waals surface area contributed by atoms with Gasteiger partial charge in [0.05, 0.1) is 24.4 Å². The van der Waals surface area contributed by atoms with E-state index in [0.717, 1.165) is 17.0 Å². The van der Waals surface area contributed by atoms with Gasteiger partial charge in [-0.15, -0.1) is 5.10 Å². The first kappa shape index (κ1) is 25.2. The van der Waals surface area contributed by atoms with Crippen molar-refractivity contribution in [2.75, 3.05) is 14.2 Å². The Labute approximate surface area is 231 Å². The minimum Gasteiger partial charge on any atom is -0.497 e. The first-order chi connectivity index (χ1) is 19.5. The SMILES string of the molecule is COc1ccc(/C=C/c2nc3s/c(=C\c4cn(-c5ccccc5)nc4-c4ccc(OC)c(F)c4)c(=O)n3n2)cc1. The van der Waals surface area contributed by atoms with Gasteiger partial charge in [-0.3, -0.25) is 4.79 Å². The number of fused-ring (bicyclic) bond motifs is 1. The smallest absolute Gasteiger partial charge is 0.291 e. The maximum Gasteiger partial charge on any atom is 0.291 e. The Morgan fingerprint density at radius 2 is 1.73 bits per heavy atom. The van der Waals surface area contributed by atoms with Crippen LogP contribution in [0, 0.1) is 5.82 Å². The molecule has 0 aliphatic carbocycles. The minimum atomic E-state index is -0.501. The van der Waals surface area contributed by atoms with Crippen LogP contribution in [0.25, 0.3) is 40.1 Å². The summed E-state index contributed by atoms with van der Waals surface area (Å²) in [4.78, 5) is 18.2. The predicted molar refractivity (Wildman–Crippen MR) is 153 cm³/mol. The molecule has 0 aliphatic rings. The zero-order chi connectivity index (χ0) is 27.6. The number of rotatable bonds is 7. The molecule has 0 aliphatic heterocycles. The third-order valence-electron chi connectivity index (χ3n) is 6.21. The van der Waals surface area contributed by atoms with Crippen LogP contribution in [-0.2, 0) is 0 Å². The highest BCUT2D eigenvalue weighted by Gasteiger charge is 2.15. The standard InChI is InChI=1S/C30H22FN5O3S/c1-38-23-12-8-19(9-13-23)10-15-27-32-30-36(33-27)29(37)26(40-30)17-21-18-35(22-6-4-3-5-7-22)34-28(21)20-11-14-25(39-2)24(31)16-20/h3-18H,1-2H3/b15-10+,26-17-. The third kappa shape index (κ3) is 4.87. The largest absolute Gasteiger partial charge is 0.497 e. The summed E-state index contributed by atoms with van der Waals surface area (Å²) in [5.41, 5.74) is 3.21. The van der Waals surface area contributed by atoms with Crippen LogP contribution in [0.3, 0.4) is 0 Å². The van der Waals surface area contributed by atoms with Gasteiger partial charge in [0, 0.05) is 17.3 Å². The normalized spacial score (nSPS) is 12.0. The average Bonchev–Trinajstić information content (AvgIpc) is 3.67. The van der Waals surface area contributed by atoms with Crippen LogP contribution in [0.4, 0.5) is 4.39 Å². The number of halogens is 1. The maximum atomic E-state index is 14.6. The van der Waals surface area contributed by atoms with Crippen molar-refractivity contribution in [3.63, 3.8) is 0 Å². The molecular weight excluding hydrogens is 529 g/mol. The first-order valence-corrected chi connectivity index (χ1v) is 13.1. The van der Waals surface area contributed by atoms with Crippen LogP contribution in [0.15, 0.2) is 83.8 Å². The Bertz CT molecular complexity index is 1960. The molecule has 198 valence electrons. The van der Waals surface area contributed by atoms with E-state index in [0.29, 0.717) is 32.1 Å². The highest BCUT2D eigenvalue weighted by molar-refractivity contribution is 7.15. The molecule has 0 saturated carbocycles. The van der Waals surface area contributed by atoms with Gasteiger partial charge >= 0.3 is 0 Å². The number of aromatic nitrogens is 5. The summed E-state index contributed by atoms with van der Waals surface area (Å²) in [5, 5.41) is 9.09. The molecule has 3 aromatic carbocycles. The van der Waals surface area contributed by atoms with Crippen molar-refractivity contribution < 1.29 is 13.9 Å². The summed E-state index contributed by atoms with van der Waals surface area (Å²) in [7, 11) is 3.03. The molecule has 0 atom stereocenters. The molecule has 0 saturated heterocycles. The molecule has 0 amide bonds. The Balaban J connectivity index is 1.39. The number of thiazole rings is 1. The quantitative estimate of drug-likeness (QED) is 0.281. The molecular formula is C30H22FN5O3S. The van der Waals surface area contributed by atoms with E-state index in [1.807, 2.05) is 66.9 Å². The fourth-order valence-corrected chi connectivity index (χ4v) is 5.10. The van der Waals surface area contributed by atoms with Crippen LogP contribution in [0.5, 0.6) is 11.5 Å². The van der Waals surface area contributed by atoms with Gasteiger partial charge < -0.3 is 9.47 Å². The lowest BCUT2D eigenvalue weighted by Crippen LogP contribution is -2.23. The monoisotopic (exact) mass is 551 g/mol. The Morgan fingerprint density at radius 1 is 0.925 bits per heavy atom. The van der Waals surface area contributed by atoms with E-state index in [1.54, 1.807) is 36.1 Å². The Morgan fingerprint density at radius 3 is 2.42 bits per heavy atom. The van der Waals surface area contributed by atoms with Crippen molar-refractivity contribution in [3.8, 4) is 28.4 Å². The van der Waals surface area contributed by atoms with E-state index in [-0.39, 0.29) is 11.3 Å². The number of hydrogen-bond acceptors (Lipinski definition) is 7. The summed E-state index contributed by atoms with van der Waals surface area (Å²) in [6.45, 7) is 0. The number of methoxy groups -OCH3 is 2. The van der Waals surface area contributed by atoms with E-state index in [4.69, 9.17) is 14.6 Å². The lowest BCUT2D eigenvalue weighted by molar-refractivity contribution is 0.386. The van der Waals surface area contributed by atoms with Crippen LogP contribution in [0.1, 0.15) is 17.0 Å². The topological polar surface area (TPSA) is 83.5 Å². The second-order valence-corrected chi connectivity index (χ2v) is 9.76. The van der Waals surface area contributed by atoms with Gasteiger partial charge in [-0.05, 0) is 60.2 Å². The molecule has 0 unspecified atom stereocenters. The summed E-state index contributed by atoms with van der Waals surface area (Å²) in [6.07, 6.45) is 7.17. The molecule has 10 heteroatoms. The van der Waals surface area contributed by atoms with Gasteiger partial charge in [0.15, 0.2) is 17.4 Å². The van der Waals surface area contributed by atoms with Crippen LogP contribution in [0.2, 0.25) is 0 Å². The molecule has 0 radical (unpaired) electrons. The first-order valence-electron chi connectivity index (χ1n) is 12.2. The van der Waals surface area contributed by atoms with Gasteiger partial charge in [0.25, 0.3) is 5.56 Å². The number of nitrogens with zero attached hydrogens (tertiary/aromatic N) is 5. The molecule has 40 heavy (non-hydrogen) atoms. The highest BCUT2D eigenvalue weighted by Crippen LogP contribution is 2.28. The van der Waals surface area contributed by atoms with Gasteiger partial charge in [-0.1, -0.05) is 47.7 Å². The second-order valence-electron chi connectivity index (χ2n) is 8.75. The molecule has 8 nitrogen and oxygen atoms in total. The zero-order valence-corrected chi connectivity index (χ0v) is 22.3. The Hall–Kier alpha value is -5.09. The lowest BCUT2D eigenvalue weighted by Gasteiger charge is -2.04. The van der Waals surface area contributed by atoms with E-state index >= 15 is 0 Å². The molecule has 6 rings (SSSR count). The highest BCUT2D eigenvalue weighted by atomic mass is 32.1. The molecule has 0 N–H and O–H groups in total. The number of benzene rings is 3. The molecule has 3 heterocycles. The van der Waals surface area contributed by atoms with Gasteiger partial charge in [0.2, 0.25) is 4.96 Å². The fraction of sp³-hybridized carbons (Fsp3) is 0.0667. The van der Waals surface area contributed by atoms with Gasteiger partial charge in [-0.25, -0.2) is 9.07 Å². The van der Waals surface area contributed by atoms with E-state index < -0.39 is 5.82 Å². The van der Waals surface area contributed by atoms with Crippen LogP contribution < -0.4 is 19.6 Å². The van der Waals surface area contributed by atoms with E-state index in [9.17, 15) is 9.18 Å². The predicted octanol–water partition coefficient (Wildman–Crippen LogP) is 4.88. The minimum absolute atomic E-state index is 0.140.